The first-order valence-electron chi connectivity index (χ1n) is 11.7. The van der Waals surface area contributed by atoms with Crippen LogP contribution in [0.25, 0.3) is 11.1 Å². The van der Waals surface area contributed by atoms with E-state index in [1.807, 2.05) is 18.2 Å². The third-order valence-corrected chi connectivity index (χ3v) is 6.91. The number of aryl methyl sites for hydroxylation is 1. The molecule has 0 radical (unpaired) electrons. The summed E-state index contributed by atoms with van der Waals surface area (Å²) in [7, 11) is 0. The fourth-order valence-electron chi connectivity index (χ4n) is 5.39. The molecule has 1 N–H and O–H groups in total. The Morgan fingerprint density at radius 3 is 2.71 bits per heavy atom. The molecule has 3 aromatic rings. The minimum absolute atomic E-state index is 0.00169. The van der Waals surface area contributed by atoms with Crippen molar-refractivity contribution in [2.24, 2.45) is 0 Å². The van der Waals surface area contributed by atoms with Gasteiger partial charge in [-0.25, -0.2) is 0 Å². The molecule has 2 heterocycles. The Labute approximate surface area is 200 Å². The number of fused-ring (bicyclic) bond motifs is 2. The lowest BCUT2D eigenvalue weighted by Gasteiger charge is -2.21. The van der Waals surface area contributed by atoms with Gasteiger partial charge in [0.2, 0.25) is 0 Å². The van der Waals surface area contributed by atoms with Crippen LogP contribution in [0.5, 0.6) is 17.2 Å². The summed E-state index contributed by atoms with van der Waals surface area (Å²) in [6.07, 6.45) is 0.0742. The zero-order chi connectivity index (χ0) is 24.0. The average molecular weight is 459 g/mol. The largest absolute Gasteiger partial charge is 0.492 e. The number of hydrogen-bond acceptors (Lipinski definition) is 4. The first-order valence-corrected chi connectivity index (χ1v) is 11.7. The molecule has 5 nitrogen and oxygen atoms in total. The van der Waals surface area contributed by atoms with Crippen LogP contribution in [-0.2, 0) is 16.8 Å². The van der Waals surface area contributed by atoms with Gasteiger partial charge in [0, 0.05) is 28.5 Å². The molecule has 0 fully saturated rings. The van der Waals surface area contributed by atoms with E-state index in [1.165, 1.54) is 27.8 Å². The number of benzene rings is 3. The number of ether oxygens (including phenoxy) is 3. The van der Waals surface area contributed by atoms with E-state index in [1.54, 1.807) is 0 Å². The molecule has 0 saturated heterocycles. The van der Waals surface area contributed by atoms with Crippen molar-refractivity contribution in [3.8, 4) is 28.4 Å². The van der Waals surface area contributed by atoms with Crippen LogP contribution in [0, 0.1) is 13.8 Å². The van der Waals surface area contributed by atoms with E-state index in [0.29, 0.717) is 31.3 Å². The molecule has 0 spiro atoms. The molecule has 1 atom stereocenters. The molecular weight excluding hydrogens is 428 g/mol. The monoisotopic (exact) mass is 458 g/mol. The highest BCUT2D eigenvalue weighted by molar-refractivity contribution is 5.75. The first kappa shape index (κ1) is 22.3. The standard InChI is InChI=1S/C29H30O5/c1-17-10-25-28(29(3,4)16-34-25)18(2)27(17)20-7-5-6-19(11-20)14-32-22-8-9-23-21(12-26(30)31)15-33-24(23)13-22/h5-11,13,21H,12,14-16H2,1-4H3,(H,30,31). The van der Waals surface area contributed by atoms with Crippen LogP contribution in [0.15, 0.2) is 48.5 Å². The topological polar surface area (TPSA) is 65.0 Å². The zero-order valence-corrected chi connectivity index (χ0v) is 20.1. The predicted molar refractivity (Wildman–Crippen MR) is 131 cm³/mol. The molecule has 0 aliphatic carbocycles. The van der Waals surface area contributed by atoms with Crippen molar-refractivity contribution >= 4 is 5.97 Å². The molecule has 0 bridgehead atoms. The summed E-state index contributed by atoms with van der Waals surface area (Å²) in [6.45, 7) is 10.4. The second-order valence-electron chi connectivity index (χ2n) is 10.0. The second-order valence-corrected chi connectivity index (χ2v) is 10.0. The van der Waals surface area contributed by atoms with Gasteiger partial charge in [-0.15, -0.1) is 0 Å². The highest BCUT2D eigenvalue weighted by atomic mass is 16.5. The van der Waals surface area contributed by atoms with E-state index in [0.717, 1.165) is 16.9 Å². The maximum Gasteiger partial charge on any atom is 0.304 e. The molecule has 2 aliphatic heterocycles. The minimum atomic E-state index is -0.813. The molecule has 5 rings (SSSR count). The Balaban J connectivity index is 1.36. The maximum atomic E-state index is 11.1. The molecule has 1 unspecified atom stereocenters. The van der Waals surface area contributed by atoms with E-state index < -0.39 is 5.97 Å². The van der Waals surface area contributed by atoms with Gasteiger partial charge in [0.05, 0.1) is 19.6 Å². The van der Waals surface area contributed by atoms with Crippen LogP contribution in [0.2, 0.25) is 0 Å². The van der Waals surface area contributed by atoms with E-state index >= 15 is 0 Å². The third-order valence-electron chi connectivity index (χ3n) is 6.91. The summed E-state index contributed by atoms with van der Waals surface area (Å²) in [5, 5.41) is 9.09. The van der Waals surface area contributed by atoms with Crippen molar-refractivity contribution in [3.05, 3.63) is 76.3 Å². The van der Waals surface area contributed by atoms with Gasteiger partial charge >= 0.3 is 5.97 Å². The predicted octanol–water partition coefficient (Wildman–Crippen LogP) is 6.17. The van der Waals surface area contributed by atoms with Gasteiger partial charge in [-0.1, -0.05) is 38.1 Å². The van der Waals surface area contributed by atoms with Crippen LogP contribution in [0.3, 0.4) is 0 Å². The smallest absolute Gasteiger partial charge is 0.304 e. The summed E-state index contributed by atoms with van der Waals surface area (Å²) < 4.78 is 17.8. The summed E-state index contributed by atoms with van der Waals surface area (Å²) in [6, 6.07) is 16.3. The molecular formula is C29H30O5. The average Bonchev–Trinajstić information content (AvgIpc) is 3.31. The molecule has 176 valence electrons. The Kier molecular flexibility index (Phi) is 5.51. The van der Waals surface area contributed by atoms with Crippen molar-refractivity contribution in [1.29, 1.82) is 0 Å². The Morgan fingerprint density at radius 1 is 1.09 bits per heavy atom. The number of hydrogen-bond donors (Lipinski definition) is 1. The highest BCUT2D eigenvalue weighted by Gasteiger charge is 2.35. The zero-order valence-electron chi connectivity index (χ0n) is 20.1. The molecule has 34 heavy (non-hydrogen) atoms. The maximum absolute atomic E-state index is 11.1. The summed E-state index contributed by atoms with van der Waals surface area (Å²) in [4.78, 5) is 11.1. The normalized spacial score (nSPS) is 17.5. The second kappa shape index (κ2) is 8.39. The SMILES string of the molecule is Cc1cc2c(c(C)c1-c1cccc(COc3ccc4c(c3)OCC4CC(=O)O)c1)C(C)(C)CO2. The fourth-order valence-corrected chi connectivity index (χ4v) is 5.39. The van der Waals surface area contributed by atoms with Gasteiger partial charge in [0.1, 0.15) is 23.9 Å². The van der Waals surface area contributed by atoms with E-state index in [-0.39, 0.29) is 17.8 Å². The third kappa shape index (κ3) is 4.00. The van der Waals surface area contributed by atoms with Crippen LogP contribution in [0.1, 0.15) is 54.0 Å². The van der Waals surface area contributed by atoms with E-state index in [2.05, 4.69) is 58.0 Å². The number of carbonyl (C=O) groups is 1. The Bertz CT molecular complexity index is 1270. The van der Waals surface area contributed by atoms with Gasteiger partial charge in [-0.3, -0.25) is 4.79 Å². The highest BCUT2D eigenvalue weighted by Crippen LogP contribution is 2.45. The molecule has 0 amide bonds. The molecule has 0 aromatic heterocycles. The number of aliphatic carboxylic acids is 1. The number of carboxylic acid groups (broad SMARTS) is 1. The molecule has 2 aliphatic rings. The van der Waals surface area contributed by atoms with Crippen LogP contribution >= 0.6 is 0 Å². The van der Waals surface area contributed by atoms with Gasteiger partial charge in [0.15, 0.2) is 0 Å². The van der Waals surface area contributed by atoms with Crippen LogP contribution in [0.4, 0.5) is 0 Å². The van der Waals surface area contributed by atoms with E-state index in [4.69, 9.17) is 19.3 Å². The van der Waals surface area contributed by atoms with Crippen LogP contribution < -0.4 is 14.2 Å². The van der Waals surface area contributed by atoms with Gasteiger partial charge in [-0.2, -0.15) is 0 Å². The molecule has 0 saturated carbocycles. The lowest BCUT2D eigenvalue weighted by molar-refractivity contribution is -0.137. The van der Waals surface area contributed by atoms with Crippen molar-refractivity contribution in [1.82, 2.24) is 0 Å². The van der Waals surface area contributed by atoms with Gasteiger partial charge in [0.25, 0.3) is 0 Å². The molecule has 3 aromatic carbocycles. The summed E-state index contributed by atoms with van der Waals surface area (Å²) >= 11 is 0. The van der Waals surface area contributed by atoms with Crippen LogP contribution in [-0.4, -0.2) is 24.3 Å². The molecule has 5 heteroatoms. The fraction of sp³-hybridized carbons (Fsp3) is 0.345. The van der Waals surface area contributed by atoms with Crippen molar-refractivity contribution in [2.45, 2.75) is 52.1 Å². The lowest BCUT2D eigenvalue weighted by Crippen LogP contribution is -2.19. The van der Waals surface area contributed by atoms with E-state index in [9.17, 15) is 4.79 Å². The van der Waals surface area contributed by atoms with Crippen molar-refractivity contribution < 1.29 is 24.1 Å². The quantitative estimate of drug-likeness (QED) is 0.479. The van der Waals surface area contributed by atoms with Crippen molar-refractivity contribution in [3.63, 3.8) is 0 Å². The minimum Gasteiger partial charge on any atom is -0.492 e. The first-order chi connectivity index (χ1) is 16.2. The van der Waals surface area contributed by atoms with Crippen molar-refractivity contribution in [2.75, 3.05) is 13.2 Å². The van der Waals surface area contributed by atoms with Gasteiger partial charge in [-0.05, 0) is 59.9 Å². The number of rotatable bonds is 6. The summed E-state index contributed by atoms with van der Waals surface area (Å²) in [5.41, 5.74) is 8.24. The Morgan fingerprint density at radius 2 is 1.91 bits per heavy atom. The number of carboxylic acids is 1. The van der Waals surface area contributed by atoms with Gasteiger partial charge < -0.3 is 19.3 Å². The Hall–Kier alpha value is -3.47. The lowest BCUT2D eigenvalue weighted by atomic mass is 9.80. The summed E-state index contributed by atoms with van der Waals surface area (Å²) in [5.74, 6) is 1.52.